The fraction of sp³-hybridized carbons (Fsp3) is 0.750. The molecule has 1 amide bonds. The summed E-state index contributed by atoms with van der Waals surface area (Å²) in [6.07, 6.45) is 5.03. The number of nitrogens with zero attached hydrogens (tertiary/aromatic N) is 5. The van der Waals surface area contributed by atoms with Gasteiger partial charge in [0.1, 0.15) is 12.9 Å². The van der Waals surface area contributed by atoms with Crippen LogP contribution in [0.2, 0.25) is 0 Å². The average Bonchev–Trinajstić information content (AvgIpc) is 2.93. The van der Waals surface area contributed by atoms with Gasteiger partial charge in [-0.15, -0.1) is 5.10 Å². The number of aromatic nitrogens is 3. The highest BCUT2D eigenvalue weighted by Gasteiger charge is 2.30. The van der Waals surface area contributed by atoms with Crippen molar-refractivity contribution in [3.8, 4) is 0 Å². The SMILES string of the molecule is Nc1ncn(CC(=O)N2CCCN3CCCC3C2)n1. The molecule has 0 saturated carbocycles. The quantitative estimate of drug-likeness (QED) is 0.783. The zero-order valence-corrected chi connectivity index (χ0v) is 11.0. The Hall–Kier alpha value is -1.63. The molecule has 7 nitrogen and oxygen atoms in total. The van der Waals surface area contributed by atoms with Crippen LogP contribution in [-0.4, -0.2) is 62.7 Å². The van der Waals surface area contributed by atoms with E-state index in [0.29, 0.717) is 6.04 Å². The van der Waals surface area contributed by atoms with Gasteiger partial charge in [-0.2, -0.15) is 0 Å². The van der Waals surface area contributed by atoms with E-state index in [4.69, 9.17) is 5.73 Å². The summed E-state index contributed by atoms with van der Waals surface area (Å²) in [4.78, 5) is 20.6. The van der Waals surface area contributed by atoms with Gasteiger partial charge >= 0.3 is 0 Å². The Morgan fingerprint density at radius 1 is 1.37 bits per heavy atom. The minimum Gasteiger partial charge on any atom is -0.367 e. The number of nitrogens with two attached hydrogens (primary N) is 1. The molecule has 1 unspecified atom stereocenters. The van der Waals surface area contributed by atoms with Crippen LogP contribution < -0.4 is 5.73 Å². The number of hydrogen-bond donors (Lipinski definition) is 1. The van der Waals surface area contributed by atoms with E-state index in [9.17, 15) is 4.79 Å². The second-order valence-corrected chi connectivity index (χ2v) is 5.33. The number of anilines is 1. The summed E-state index contributed by atoms with van der Waals surface area (Å²) in [5, 5.41) is 3.96. The molecule has 7 heteroatoms. The van der Waals surface area contributed by atoms with Crippen LogP contribution in [0.1, 0.15) is 19.3 Å². The predicted octanol–water partition coefficient (Wildman–Crippen LogP) is -0.443. The summed E-state index contributed by atoms with van der Waals surface area (Å²) in [5.41, 5.74) is 5.45. The number of fused-ring (bicyclic) bond motifs is 1. The Morgan fingerprint density at radius 2 is 2.21 bits per heavy atom. The van der Waals surface area contributed by atoms with E-state index in [1.54, 1.807) is 0 Å². The van der Waals surface area contributed by atoms with Crippen LogP contribution in [0.3, 0.4) is 0 Å². The van der Waals surface area contributed by atoms with Crippen LogP contribution in [0.15, 0.2) is 6.33 Å². The minimum absolute atomic E-state index is 0.110. The Balaban J connectivity index is 1.62. The molecule has 1 aromatic rings. The number of carbonyl (C=O) groups is 1. The molecule has 2 N–H and O–H groups in total. The highest BCUT2D eigenvalue weighted by Crippen LogP contribution is 2.21. The smallest absolute Gasteiger partial charge is 0.244 e. The number of rotatable bonds is 2. The maximum atomic E-state index is 12.3. The van der Waals surface area contributed by atoms with Crippen molar-refractivity contribution >= 4 is 11.9 Å². The maximum Gasteiger partial charge on any atom is 0.244 e. The lowest BCUT2D eigenvalue weighted by molar-refractivity contribution is -0.132. The first-order valence-corrected chi connectivity index (χ1v) is 6.89. The summed E-state index contributed by atoms with van der Waals surface area (Å²) >= 11 is 0. The van der Waals surface area contributed by atoms with Crippen molar-refractivity contribution in [1.82, 2.24) is 24.6 Å². The third-order valence-electron chi connectivity index (χ3n) is 4.01. The van der Waals surface area contributed by atoms with Crippen LogP contribution in [0.4, 0.5) is 5.95 Å². The van der Waals surface area contributed by atoms with Crippen molar-refractivity contribution in [2.24, 2.45) is 0 Å². The van der Waals surface area contributed by atoms with E-state index in [1.807, 2.05) is 4.90 Å². The van der Waals surface area contributed by atoms with Crippen LogP contribution >= 0.6 is 0 Å². The van der Waals surface area contributed by atoms with Crippen LogP contribution in [-0.2, 0) is 11.3 Å². The average molecular weight is 264 g/mol. The first-order valence-electron chi connectivity index (χ1n) is 6.89. The Labute approximate surface area is 112 Å². The van der Waals surface area contributed by atoms with Gasteiger partial charge in [-0.05, 0) is 25.8 Å². The van der Waals surface area contributed by atoms with Crippen molar-refractivity contribution in [2.75, 3.05) is 31.9 Å². The molecule has 3 heterocycles. The maximum absolute atomic E-state index is 12.3. The molecule has 0 radical (unpaired) electrons. The standard InChI is InChI=1S/C12H20N6O/c13-12-14-9-18(15-12)8-11(19)17-6-2-5-16-4-1-3-10(16)7-17/h9-10H,1-8H2,(H2,13,15). The summed E-state index contributed by atoms with van der Waals surface area (Å²) < 4.78 is 1.51. The zero-order chi connectivity index (χ0) is 13.2. The van der Waals surface area contributed by atoms with Gasteiger partial charge in [0.25, 0.3) is 0 Å². The highest BCUT2D eigenvalue weighted by molar-refractivity contribution is 5.76. The van der Waals surface area contributed by atoms with Crippen molar-refractivity contribution in [2.45, 2.75) is 31.8 Å². The first-order chi connectivity index (χ1) is 9.22. The lowest BCUT2D eigenvalue weighted by atomic mass is 10.2. The van der Waals surface area contributed by atoms with Gasteiger partial charge in [0.05, 0.1) is 0 Å². The van der Waals surface area contributed by atoms with E-state index in [0.717, 1.165) is 26.1 Å². The van der Waals surface area contributed by atoms with Gasteiger partial charge < -0.3 is 10.6 Å². The van der Waals surface area contributed by atoms with E-state index < -0.39 is 0 Å². The molecule has 19 heavy (non-hydrogen) atoms. The number of hydrogen-bond acceptors (Lipinski definition) is 5. The fourth-order valence-corrected chi connectivity index (χ4v) is 3.06. The molecule has 0 spiro atoms. The molecule has 1 atom stereocenters. The molecule has 0 bridgehead atoms. The normalized spacial score (nSPS) is 24.2. The Morgan fingerprint density at radius 3 is 3.00 bits per heavy atom. The third-order valence-corrected chi connectivity index (χ3v) is 4.01. The van der Waals surface area contributed by atoms with E-state index in [-0.39, 0.29) is 18.4 Å². The molecule has 2 fully saturated rings. The molecule has 104 valence electrons. The van der Waals surface area contributed by atoms with Crippen LogP contribution in [0, 0.1) is 0 Å². The number of amides is 1. The summed E-state index contributed by atoms with van der Waals surface area (Å²) in [7, 11) is 0. The Kier molecular flexibility index (Phi) is 3.37. The van der Waals surface area contributed by atoms with E-state index in [1.165, 1.54) is 30.4 Å². The molecule has 2 aliphatic heterocycles. The van der Waals surface area contributed by atoms with Crippen molar-refractivity contribution in [3.63, 3.8) is 0 Å². The van der Waals surface area contributed by atoms with E-state index >= 15 is 0 Å². The first kappa shape index (κ1) is 12.4. The number of nitrogen functional groups attached to an aromatic ring is 1. The molecule has 2 saturated heterocycles. The molecule has 1 aromatic heterocycles. The molecular formula is C12H20N6O. The third kappa shape index (κ3) is 2.70. The van der Waals surface area contributed by atoms with Gasteiger partial charge in [-0.25, -0.2) is 9.67 Å². The predicted molar refractivity (Wildman–Crippen MR) is 70.2 cm³/mol. The lowest BCUT2D eigenvalue weighted by Gasteiger charge is -2.25. The zero-order valence-electron chi connectivity index (χ0n) is 11.0. The summed E-state index contributed by atoms with van der Waals surface area (Å²) in [6.45, 7) is 4.23. The highest BCUT2D eigenvalue weighted by atomic mass is 16.2. The lowest BCUT2D eigenvalue weighted by Crippen LogP contribution is -2.41. The van der Waals surface area contributed by atoms with Crippen molar-refractivity contribution < 1.29 is 4.79 Å². The van der Waals surface area contributed by atoms with Crippen molar-refractivity contribution in [1.29, 1.82) is 0 Å². The Bertz CT molecular complexity index is 459. The van der Waals surface area contributed by atoms with Gasteiger partial charge in [0.15, 0.2) is 0 Å². The van der Waals surface area contributed by atoms with Crippen LogP contribution in [0.25, 0.3) is 0 Å². The van der Waals surface area contributed by atoms with Gasteiger partial charge in [-0.1, -0.05) is 0 Å². The monoisotopic (exact) mass is 264 g/mol. The van der Waals surface area contributed by atoms with Gasteiger partial charge in [-0.3, -0.25) is 9.69 Å². The molecule has 3 rings (SSSR count). The van der Waals surface area contributed by atoms with Gasteiger partial charge in [0.2, 0.25) is 11.9 Å². The van der Waals surface area contributed by atoms with Crippen molar-refractivity contribution in [3.05, 3.63) is 6.33 Å². The molecule has 2 aliphatic rings. The summed E-state index contributed by atoms with van der Waals surface area (Å²) in [5.74, 6) is 0.323. The topological polar surface area (TPSA) is 80.3 Å². The largest absolute Gasteiger partial charge is 0.367 e. The molecule has 0 aliphatic carbocycles. The van der Waals surface area contributed by atoms with Gasteiger partial charge in [0, 0.05) is 25.7 Å². The molecule has 0 aromatic carbocycles. The summed E-state index contributed by atoms with van der Waals surface area (Å²) in [6, 6.07) is 0.548. The fourth-order valence-electron chi connectivity index (χ4n) is 3.06. The second-order valence-electron chi connectivity index (χ2n) is 5.33. The second kappa shape index (κ2) is 5.16. The van der Waals surface area contributed by atoms with E-state index in [2.05, 4.69) is 15.0 Å². The minimum atomic E-state index is 0.110. The van der Waals surface area contributed by atoms with Crippen LogP contribution in [0.5, 0.6) is 0 Å². The molecular weight excluding hydrogens is 244 g/mol. The number of carbonyl (C=O) groups excluding carboxylic acids is 1.